The molecule has 6 heteroatoms. The molecule has 1 aromatic heterocycles. The van der Waals surface area contributed by atoms with Crippen LogP contribution in [0.25, 0.3) is 5.69 Å². The maximum absolute atomic E-state index is 13.9. The molecule has 122 valence electrons. The topological polar surface area (TPSA) is 57.5 Å². The van der Waals surface area contributed by atoms with Crippen molar-refractivity contribution in [2.24, 2.45) is 5.92 Å². The Bertz CT molecular complexity index is 683. The average molecular weight is 317 g/mol. The number of nitrogens with zero attached hydrogens (tertiary/aromatic N) is 2. The first kappa shape index (κ1) is 15.6. The quantitative estimate of drug-likeness (QED) is 0.891. The van der Waals surface area contributed by atoms with Gasteiger partial charge in [0.1, 0.15) is 5.82 Å². The van der Waals surface area contributed by atoms with Gasteiger partial charge in [-0.15, -0.1) is 0 Å². The molecular weight excluding hydrogens is 297 g/mol. The number of nitrogens with one attached hydrogen (secondary N) is 1. The van der Waals surface area contributed by atoms with Crippen LogP contribution in [0.1, 0.15) is 12.8 Å². The number of benzene rings is 1. The molecule has 1 fully saturated rings. The number of hydrogen-bond acceptors (Lipinski definition) is 2. The van der Waals surface area contributed by atoms with Crippen LogP contribution < -0.4 is 5.32 Å². The highest BCUT2D eigenvalue weighted by molar-refractivity contribution is 5.89. The van der Waals surface area contributed by atoms with Crippen molar-refractivity contribution in [3.63, 3.8) is 0 Å². The fourth-order valence-electron chi connectivity index (χ4n) is 2.50. The lowest BCUT2D eigenvalue weighted by Gasteiger charge is -2.21. The monoisotopic (exact) mass is 317 g/mol. The minimum absolute atomic E-state index is 0.294. The van der Waals surface area contributed by atoms with E-state index in [4.69, 9.17) is 0 Å². The van der Waals surface area contributed by atoms with Gasteiger partial charge in [0.15, 0.2) is 0 Å². The van der Waals surface area contributed by atoms with Crippen molar-refractivity contribution in [3.05, 3.63) is 48.5 Å². The van der Waals surface area contributed by atoms with Crippen molar-refractivity contribution in [2.45, 2.75) is 18.9 Å². The number of aliphatic hydroxyl groups is 1. The molecule has 3 rings (SSSR count). The average Bonchev–Trinajstić information content (AvgIpc) is 3.25. The number of anilines is 1. The first-order valence-electron chi connectivity index (χ1n) is 7.67. The summed E-state index contributed by atoms with van der Waals surface area (Å²) in [4.78, 5) is 13.6. The van der Waals surface area contributed by atoms with Crippen molar-refractivity contribution in [3.8, 4) is 5.69 Å². The number of rotatable bonds is 5. The normalized spacial score (nSPS) is 15.3. The molecule has 0 spiro atoms. The molecule has 1 aliphatic carbocycles. The highest BCUT2D eigenvalue weighted by Gasteiger charge is 2.31. The number of aromatic nitrogens is 1. The predicted molar refractivity (Wildman–Crippen MR) is 86.1 cm³/mol. The molecule has 1 aliphatic rings. The minimum Gasteiger partial charge on any atom is -0.391 e. The Morgan fingerprint density at radius 1 is 1.43 bits per heavy atom. The summed E-state index contributed by atoms with van der Waals surface area (Å²) in [6.07, 6.45) is 5.04. The van der Waals surface area contributed by atoms with Gasteiger partial charge >= 0.3 is 6.03 Å². The van der Waals surface area contributed by atoms with E-state index in [-0.39, 0.29) is 11.8 Å². The summed E-state index contributed by atoms with van der Waals surface area (Å²) < 4.78 is 15.6. The van der Waals surface area contributed by atoms with Gasteiger partial charge in [0.2, 0.25) is 0 Å². The third-order valence-electron chi connectivity index (χ3n) is 4.05. The fourth-order valence-corrected chi connectivity index (χ4v) is 2.50. The minimum atomic E-state index is -0.477. The lowest BCUT2D eigenvalue weighted by molar-refractivity contribution is 0.117. The Hall–Kier alpha value is -2.34. The maximum atomic E-state index is 13.9. The van der Waals surface area contributed by atoms with Crippen LogP contribution in [0.2, 0.25) is 0 Å². The molecule has 2 N–H and O–H groups in total. The van der Waals surface area contributed by atoms with Crippen LogP contribution in [0.3, 0.4) is 0 Å². The predicted octanol–water partition coefficient (Wildman–Crippen LogP) is 2.85. The molecule has 0 aliphatic heterocycles. The zero-order valence-corrected chi connectivity index (χ0v) is 12.9. The molecule has 1 heterocycles. The molecule has 1 aromatic carbocycles. The Labute approximate surface area is 134 Å². The van der Waals surface area contributed by atoms with Crippen LogP contribution >= 0.6 is 0 Å². The molecule has 1 atom stereocenters. The number of carbonyl (C=O) groups excluding carboxylic acids is 1. The highest BCUT2D eigenvalue weighted by Crippen LogP contribution is 2.32. The lowest BCUT2D eigenvalue weighted by atomic mass is 10.2. The van der Waals surface area contributed by atoms with Gasteiger partial charge < -0.3 is 19.9 Å². The van der Waals surface area contributed by atoms with Gasteiger partial charge in [-0.2, -0.15) is 0 Å². The van der Waals surface area contributed by atoms with Crippen molar-refractivity contribution in [2.75, 3.05) is 18.9 Å². The zero-order chi connectivity index (χ0) is 16.4. The van der Waals surface area contributed by atoms with E-state index in [2.05, 4.69) is 5.32 Å². The largest absolute Gasteiger partial charge is 0.391 e. The standard InChI is InChI=1S/C17H20FN3O2/c1-20(11-16(22)12-4-5-12)17(23)19-13-6-7-14(18)15(10-13)21-8-2-3-9-21/h2-3,6-10,12,16,22H,4-5,11H2,1H3,(H,19,23). The molecule has 0 saturated heterocycles. The van der Waals surface area contributed by atoms with Gasteiger partial charge in [-0.3, -0.25) is 0 Å². The maximum Gasteiger partial charge on any atom is 0.321 e. The van der Waals surface area contributed by atoms with E-state index < -0.39 is 6.10 Å². The Morgan fingerprint density at radius 3 is 2.78 bits per heavy atom. The van der Waals surface area contributed by atoms with Crippen molar-refractivity contribution >= 4 is 11.7 Å². The first-order chi connectivity index (χ1) is 11.0. The molecule has 2 amide bonds. The van der Waals surface area contributed by atoms with Gasteiger partial charge in [-0.1, -0.05) is 0 Å². The number of likely N-dealkylation sites (N-methyl/N-ethyl adjacent to an activating group) is 1. The van der Waals surface area contributed by atoms with E-state index >= 15 is 0 Å². The molecular formula is C17H20FN3O2. The smallest absolute Gasteiger partial charge is 0.321 e. The van der Waals surface area contributed by atoms with Crippen molar-refractivity contribution in [1.29, 1.82) is 0 Å². The molecule has 1 unspecified atom stereocenters. The fraction of sp³-hybridized carbons (Fsp3) is 0.353. The van der Waals surface area contributed by atoms with Gasteiger partial charge in [0.05, 0.1) is 11.8 Å². The van der Waals surface area contributed by atoms with E-state index in [1.54, 1.807) is 42.2 Å². The third-order valence-corrected chi connectivity index (χ3v) is 4.05. The SMILES string of the molecule is CN(CC(O)C1CC1)C(=O)Nc1ccc(F)c(-n2cccc2)c1. The summed E-state index contributed by atoms with van der Waals surface area (Å²) >= 11 is 0. The third kappa shape index (κ3) is 3.71. The lowest BCUT2D eigenvalue weighted by Crippen LogP contribution is -2.38. The summed E-state index contributed by atoms with van der Waals surface area (Å²) in [6, 6.07) is 7.71. The Kier molecular flexibility index (Phi) is 4.34. The second-order valence-electron chi connectivity index (χ2n) is 5.97. The summed E-state index contributed by atoms with van der Waals surface area (Å²) in [6.45, 7) is 0.294. The van der Waals surface area contributed by atoms with Crippen LogP contribution in [0.15, 0.2) is 42.7 Å². The van der Waals surface area contributed by atoms with Gasteiger partial charge in [-0.05, 0) is 49.1 Å². The van der Waals surface area contributed by atoms with Gasteiger partial charge in [-0.25, -0.2) is 9.18 Å². The molecule has 0 radical (unpaired) electrons. The van der Waals surface area contributed by atoms with Crippen LogP contribution in [-0.4, -0.2) is 40.3 Å². The summed E-state index contributed by atoms with van der Waals surface area (Å²) in [5, 5.41) is 12.6. The molecule has 1 saturated carbocycles. The number of halogens is 1. The summed E-state index contributed by atoms with van der Waals surface area (Å²) in [5.41, 5.74) is 0.876. The molecule has 2 aromatic rings. The molecule has 5 nitrogen and oxygen atoms in total. The van der Waals surface area contributed by atoms with E-state index in [9.17, 15) is 14.3 Å². The van der Waals surface area contributed by atoms with Crippen LogP contribution in [0, 0.1) is 11.7 Å². The van der Waals surface area contributed by atoms with E-state index in [1.165, 1.54) is 17.0 Å². The van der Waals surface area contributed by atoms with Gasteiger partial charge in [0.25, 0.3) is 0 Å². The zero-order valence-electron chi connectivity index (χ0n) is 12.9. The van der Waals surface area contributed by atoms with E-state index in [0.717, 1.165) is 12.8 Å². The van der Waals surface area contributed by atoms with Crippen LogP contribution in [-0.2, 0) is 0 Å². The van der Waals surface area contributed by atoms with Crippen LogP contribution in [0.5, 0.6) is 0 Å². The summed E-state index contributed by atoms with van der Waals surface area (Å²) in [5.74, 6) is -0.0480. The highest BCUT2D eigenvalue weighted by atomic mass is 19.1. The second kappa shape index (κ2) is 6.42. The molecule has 23 heavy (non-hydrogen) atoms. The molecule has 0 bridgehead atoms. The number of urea groups is 1. The number of carbonyl (C=O) groups is 1. The number of aliphatic hydroxyl groups excluding tert-OH is 1. The van der Waals surface area contributed by atoms with E-state index in [0.29, 0.717) is 23.8 Å². The first-order valence-corrected chi connectivity index (χ1v) is 7.67. The second-order valence-corrected chi connectivity index (χ2v) is 5.97. The Balaban J connectivity index is 1.67. The Morgan fingerprint density at radius 2 is 2.13 bits per heavy atom. The van der Waals surface area contributed by atoms with Crippen LogP contribution in [0.4, 0.5) is 14.9 Å². The number of hydrogen-bond donors (Lipinski definition) is 2. The van der Waals surface area contributed by atoms with E-state index in [1.807, 2.05) is 0 Å². The van der Waals surface area contributed by atoms with Crippen molar-refractivity contribution in [1.82, 2.24) is 9.47 Å². The van der Waals surface area contributed by atoms with Crippen molar-refractivity contribution < 1.29 is 14.3 Å². The summed E-state index contributed by atoms with van der Waals surface area (Å²) in [7, 11) is 1.64. The van der Waals surface area contributed by atoms with Gasteiger partial charge in [0, 0.05) is 31.7 Å². The number of amides is 2.